The van der Waals surface area contributed by atoms with Crippen molar-refractivity contribution in [2.75, 3.05) is 13.3 Å². The van der Waals surface area contributed by atoms with E-state index in [0.29, 0.717) is 10.9 Å². The Morgan fingerprint density at radius 3 is 2.75 bits per heavy atom. The number of sulfonamides is 1. The van der Waals surface area contributed by atoms with Crippen LogP contribution < -0.4 is 0 Å². The van der Waals surface area contributed by atoms with Crippen LogP contribution in [0.5, 0.6) is 0 Å². The first-order valence-electron chi connectivity index (χ1n) is 4.38. The van der Waals surface area contributed by atoms with Gasteiger partial charge in [-0.1, -0.05) is 17.8 Å². The van der Waals surface area contributed by atoms with Crippen LogP contribution in [-0.2, 0) is 10.0 Å². The van der Waals surface area contributed by atoms with Crippen molar-refractivity contribution in [2.24, 2.45) is 4.99 Å². The molecule has 1 aromatic carbocycles. The van der Waals surface area contributed by atoms with Crippen molar-refractivity contribution >= 4 is 55.2 Å². The van der Waals surface area contributed by atoms with Gasteiger partial charge in [-0.25, -0.2) is 17.7 Å². The molecule has 0 atom stereocenters. The van der Waals surface area contributed by atoms with E-state index in [2.05, 4.69) is 27.6 Å². The minimum atomic E-state index is -3.43. The largest absolute Gasteiger partial charge is 0.267 e. The number of amidine groups is 1. The van der Waals surface area contributed by atoms with E-state index in [0.717, 1.165) is 3.57 Å². The van der Waals surface area contributed by atoms with Crippen molar-refractivity contribution in [3.8, 4) is 0 Å². The van der Waals surface area contributed by atoms with Gasteiger partial charge in [0.2, 0.25) is 0 Å². The van der Waals surface area contributed by atoms with E-state index >= 15 is 0 Å². The highest BCUT2D eigenvalue weighted by molar-refractivity contribution is 14.1. The van der Waals surface area contributed by atoms with Gasteiger partial charge >= 0.3 is 0 Å². The third kappa shape index (κ3) is 1.74. The fourth-order valence-electron chi connectivity index (χ4n) is 1.40. The zero-order chi connectivity index (χ0) is 11.9. The number of fused-ring (bicyclic) bond motifs is 1. The predicted molar refractivity (Wildman–Crippen MR) is 74.7 cm³/mol. The van der Waals surface area contributed by atoms with E-state index in [1.165, 1.54) is 23.1 Å². The van der Waals surface area contributed by atoms with Gasteiger partial charge in [-0.05, 0) is 41.0 Å². The van der Waals surface area contributed by atoms with Gasteiger partial charge in [-0.2, -0.15) is 0 Å². The summed E-state index contributed by atoms with van der Waals surface area (Å²) in [6.45, 7) is 0. The van der Waals surface area contributed by atoms with Crippen LogP contribution in [0.2, 0.25) is 0 Å². The molecule has 0 aliphatic carbocycles. The maximum atomic E-state index is 12.2. The third-order valence-corrected chi connectivity index (χ3v) is 5.74. The van der Waals surface area contributed by atoms with Gasteiger partial charge in [0.25, 0.3) is 10.0 Å². The Hall–Kier alpha value is -0.280. The number of rotatable bonds is 0. The number of thioether (sulfide) groups is 1. The molecule has 7 heteroatoms. The van der Waals surface area contributed by atoms with Crippen LogP contribution in [0.25, 0.3) is 0 Å². The zero-order valence-electron chi connectivity index (χ0n) is 8.64. The molecular formula is C9H9IN2O2S2. The summed E-state index contributed by atoms with van der Waals surface area (Å²) in [6, 6.07) is 5.16. The fourth-order valence-corrected chi connectivity index (χ4v) is 4.35. The topological polar surface area (TPSA) is 49.7 Å². The van der Waals surface area contributed by atoms with Crippen LogP contribution in [0.3, 0.4) is 0 Å². The molecule has 1 aliphatic rings. The monoisotopic (exact) mass is 368 g/mol. The molecule has 0 radical (unpaired) electrons. The summed E-state index contributed by atoms with van der Waals surface area (Å²) in [5.74, 6) is 0. The Bertz CT molecular complexity index is 569. The van der Waals surface area contributed by atoms with Crippen molar-refractivity contribution < 1.29 is 8.42 Å². The van der Waals surface area contributed by atoms with E-state index in [1.807, 2.05) is 12.3 Å². The van der Waals surface area contributed by atoms with E-state index < -0.39 is 10.0 Å². The van der Waals surface area contributed by atoms with Crippen LogP contribution in [0.4, 0.5) is 5.69 Å². The number of aliphatic imine (C=N–C) groups is 1. The average Bonchev–Trinajstić information content (AvgIpc) is 2.25. The van der Waals surface area contributed by atoms with Crippen molar-refractivity contribution in [1.82, 2.24) is 4.31 Å². The molecule has 0 spiro atoms. The summed E-state index contributed by atoms with van der Waals surface area (Å²) in [4.78, 5) is 4.64. The molecule has 0 unspecified atom stereocenters. The molecular weight excluding hydrogens is 359 g/mol. The minimum Gasteiger partial charge on any atom is -0.247 e. The molecule has 1 aliphatic heterocycles. The summed E-state index contributed by atoms with van der Waals surface area (Å²) in [5.41, 5.74) is 0.547. The Balaban J connectivity index is 2.79. The standard InChI is InChI=1S/C9H9IN2O2S2/c1-12-9(15-2)11-8-6(10)4-3-5-7(8)16(12,13)14/h3-5H,1-2H3. The normalized spacial score (nSPS) is 17.9. The first-order chi connectivity index (χ1) is 7.48. The first kappa shape index (κ1) is 12.2. The predicted octanol–water partition coefficient (Wildman–Crippen LogP) is 2.28. The van der Waals surface area contributed by atoms with Gasteiger partial charge in [0.05, 0.1) is 5.69 Å². The number of halogens is 1. The lowest BCUT2D eigenvalue weighted by Crippen LogP contribution is -2.33. The van der Waals surface area contributed by atoms with E-state index in [4.69, 9.17) is 0 Å². The van der Waals surface area contributed by atoms with Gasteiger partial charge in [0.1, 0.15) is 4.90 Å². The number of para-hydroxylation sites is 1. The SMILES string of the molecule is CSC1=Nc2c(I)cccc2S(=O)(=O)N1C. The molecule has 0 amide bonds. The van der Waals surface area contributed by atoms with Crippen molar-refractivity contribution in [3.05, 3.63) is 21.8 Å². The Morgan fingerprint density at radius 2 is 2.12 bits per heavy atom. The number of nitrogens with zero attached hydrogens (tertiary/aromatic N) is 2. The van der Waals surface area contributed by atoms with Gasteiger partial charge in [0.15, 0.2) is 5.17 Å². The molecule has 1 heterocycles. The summed E-state index contributed by atoms with van der Waals surface area (Å²) in [7, 11) is -1.91. The van der Waals surface area contributed by atoms with Crippen LogP contribution in [0.15, 0.2) is 28.1 Å². The first-order valence-corrected chi connectivity index (χ1v) is 8.13. The fraction of sp³-hybridized carbons (Fsp3) is 0.222. The summed E-state index contributed by atoms with van der Waals surface area (Å²) in [5, 5.41) is 0.497. The van der Waals surface area contributed by atoms with Crippen LogP contribution in [-0.4, -0.2) is 31.2 Å². The molecule has 2 rings (SSSR count). The summed E-state index contributed by atoms with van der Waals surface area (Å²) in [6.07, 6.45) is 1.81. The lowest BCUT2D eigenvalue weighted by molar-refractivity contribution is 0.552. The maximum absolute atomic E-state index is 12.2. The van der Waals surface area contributed by atoms with Crippen molar-refractivity contribution in [3.63, 3.8) is 0 Å². The van der Waals surface area contributed by atoms with E-state index in [-0.39, 0.29) is 4.90 Å². The van der Waals surface area contributed by atoms with Gasteiger partial charge in [-0.15, -0.1) is 0 Å². The number of hydrogen-bond acceptors (Lipinski definition) is 4. The lowest BCUT2D eigenvalue weighted by atomic mass is 10.3. The van der Waals surface area contributed by atoms with Crippen LogP contribution in [0.1, 0.15) is 0 Å². The smallest absolute Gasteiger partial charge is 0.247 e. The quantitative estimate of drug-likeness (QED) is 0.661. The molecule has 4 nitrogen and oxygen atoms in total. The number of benzene rings is 1. The minimum absolute atomic E-state index is 0.278. The second-order valence-corrected chi connectivity index (χ2v) is 7.03. The second kappa shape index (κ2) is 4.19. The molecule has 0 fully saturated rings. The molecule has 1 aromatic rings. The molecule has 0 saturated carbocycles. The highest BCUT2D eigenvalue weighted by Gasteiger charge is 2.31. The number of hydrogen-bond donors (Lipinski definition) is 0. The summed E-state index contributed by atoms with van der Waals surface area (Å²) >= 11 is 3.42. The van der Waals surface area contributed by atoms with Crippen LogP contribution >= 0.6 is 34.4 Å². The Morgan fingerprint density at radius 1 is 1.44 bits per heavy atom. The van der Waals surface area contributed by atoms with Gasteiger partial charge in [0, 0.05) is 10.6 Å². The highest BCUT2D eigenvalue weighted by Crippen LogP contribution is 2.36. The van der Waals surface area contributed by atoms with Gasteiger partial charge < -0.3 is 0 Å². The highest BCUT2D eigenvalue weighted by atomic mass is 127. The van der Waals surface area contributed by atoms with Crippen LogP contribution in [0, 0.1) is 3.57 Å². The van der Waals surface area contributed by atoms with E-state index in [9.17, 15) is 8.42 Å². The second-order valence-electron chi connectivity index (χ2n) is 3.16. The molecule has 86 valence electrons. The molecule has 0 saturated heterocycles. The molecule has 0 aromatic heterocycles. The van der Waals surface area contributed by atoms with Gasteiger partial charge in [-0.3, -0.25) is 0 Å². The molecule has 0 bridgehead atoms. The Labute approximate surface area is 112 Å². The lowest BCUT2D eigenvalue weighted by Gasteiger charge is -2.25. The molecule has 16 heavy (non-hydrogen) atoms. The summed E-state index contributed by atoms with van der Waals surface area (Å²) < 4.78 is 26.4. The maximum Gasteiger partial charge on any atom is 0.267 e. The van der Waals surface area contributed by atoms with Crippen molar-refractivity contribution in [1.29, 1.82) is 0 Å². The Kier molecular flexibility index (Phi) is 3.19. The zero-order valence-corrected chi connectivity index (χ0v) is 12.4. The average molecular weight is 368 g/mol. The molecule has 0 N–H and O–H groups in total. The van der Waals surface area contributed by atoms with E-state index in [1.54, 1.807) is 12.1 Å². The third-order valence-electron chi connectivity index (χ3n) is 2.25. The van der Waals surface area contributed by atoms with Crippen molar-refractivity contribution in [2.45, 2.75) is 4.90 Å².